The number of thiazole rings is 1. The van der Waals surface area contributed by atoms with Crippen molar-refractivity contribution in [3.63, 3.8) is 0 Å². The molecule has 1 aromatic heterocycles. The Labute approximate surface area is 138 Å². The quantitative estimate of drug-likeness (QED) is 0.797. The fourth-order valence-corrected chi connectivity index (χ4v) is 3.30. The number of aromatic nitrogens is 1. The Morgan fingerprint density at radius 1 is 1.29 bits per heavy atom. The van der Waals surface area contributed by atoms with Crippen molar-refractivity contribution in [3.05, 3.63) is 49.9 Å². The third-order valence-corrected chi connectivity index (χ3v) is 4.67. The van der Waals surface area contributed by atoms with Crippen LogP contribution < -0.4 is 5.32 Å². The molecule has 3 nitrogen and oxygen atoms in total. The van der Waals surface area contributed by atoms with Gasteiger partial charge >= 0.3 is 0 Å². The van der Waals surface area contributed by atoms with E-state index in [0.717, 1.165) is 28.1 Å². The summed E-state index contributed by atoms with van der Waals surface area (Å²) in [5.41, 5.74) is 2.34. The maximum Gasteiger partial charge on any atom is 0.0976 e. The van der Waals surface area contributed by atoms with Crippen LogP contribution in [0.4, 0.5) is 0 Å². The molecule has 0 amide bonds. The van der Waals surface area contributed by atoms with Crippen molar-refractivity contribution in [3.8, 4) is 0 Å². The van der Waals surface area contributed by atoms with E-state index in [9.17, 15) is 0 Å². The maximum atomic E-state index is 5.26. The van der Waals surface area contributed by atoms with E-state index in [4.69, 9.17) is 9.72 Å². The van der Waals surface area contributed by atoms with Gasteiger partial charge in [0.05, 0.1) is 17.3 Å². The number of nitrogens with one attached hydrogen (secondary N) is 1. The van der Waals surface area contributed by atoms with Gasteiger partial charge in [0.15, 0.2) is 0 Å². The summed E-state index contributed by atoms with van der Waals surface area (Å²) in [7, 11) is 1.72. The summed E-state index contributed by atoms with van der Waals surface area (Å²) in [5, 5.41) is 4.60. The van der Waals surface area contributed by atoms with Gasteiger partial charge in [-0.25, -0.2) is 4.98 Å². The lowest BCUT2D eigenvalue weighted by Crippen LogP contribution is -2.21. The van der Waals surface area contributed by atoms with Gasteiger partial charge in [-0.1, -0.05) is 41.9 Å². The molecule has 0 radical (unpaired) electrons. The molecule has 0 saturated heterocycles. The van der Waals surface area contributed by atoms with Crippen LogP contribution in [0, 0.1) is 0 Å². The third-order valence-electron chi connectivity index (χ3n) is 3.04. The second-order valence-corrected chi connectivity index (χ2v) is 7.33. The van der Waals surface area contributed by atoms with Crippen molar-refractivity contribution < 1.29 is 4.74 Å². The van der Waals surface area contributed by atoms with E-state index in [-0.39, 0.29) is 0 Å². The lowest BCUT2D eigenvalue weighted by molar-refractivity contribution is 0.181. The summed E-state index contributed by atoms with van der Waals surface area (Å²) in [5.74, 6) is 0. The summed E-state index contributed by atoms with van der Waals surface area (Å²) < 4.78 is 6.37. The number of nitrogens with zero attached hydrogens (tertiary/aromatic N) is 1. The monoisotopic (exact) mass is 368 g/mol. The zero-order valence-corrected chi connectivity index (χ0v) is 15.1. The van der Waals surface area contributed by atoms with Crippen molar-refractivity contribution in [2.45, 2.75) is 39.5 Å². The normalized spacial score (nSPS) is 11.3. The summed E-state index contributed by atoms with van der Waals surface area (Å²) in [6.07, 6.45) is 0.871. The van der Waals surface area contributed by atoms with Crippen LogP contribution in [-0.4, -0.2) is 18.1 Å². The molecule has 1 N–H and O–H groups in total. The van der Waals surface area contributed by atoms with Gasteiger partial charge in [0, 0.05) is 35.5 Å². The molecule has 1 aromatic carbocycles. The highest BCUT2D eigenvalue weighted by atomic mass is 79.9. The molecule has 0 unspecified atom stereocenters. The largest absolute Gasteiger partial charge is 0.378 e. The molecule has 0 spiro atoms. The highest BCUT2D eigenvalue weighted by Crippen LogP contribution is 2.23. The molecule has 2 rings (SSSR count). The van der Waals surface area contributed by atoms with Crippen LogP contribution in [0.1, 0.15) is 35.0 Å². The van der Waals surface area contributed by atoms with Gasteiger partial charge in [-0.05, 0) is 17.7 Å². The van der Waals surface area contributed by atoms with E-state index in [1.807, 2.05) is 0 Å². The summed E-state index contributed by atoms with van der Waals surface area (Å²) >= 11 is 5.24. The van der Waals surface area contributed by atoms with E-state index in [2.05, 4.69) is 59.4 Å². The van der Waals surface area contributed by atoms with Gasteiger partial charge < -0.3 is 10.1 Å². The molecule has 0 aliphatic carbocycles. The third kappa shape index (κ3) is 5.18. The maximum absolute atomic E-state index is 5.26. The van der Waals surface area contributed by atoms with Crippen LogP contribution >= 0.6 is 27.3 Å². The van der Waals surface area contributed by atoms with Gasteiger partial charge in [-0.3, -0.25) is 0 Å². The minimum atomic E-state index is 0.470. The summed E-state index contributed by atoms with van der Waals surface area (Å²) in [4.78, 5) is 6.01. The highest BCUT2D eigenvalue weighted by molar-refractivity contribution is 9.10. The molecular weight excluding hydrogens is 348 g/mol. The standard InChI is InChI=1S/C16H21BrN2OS/c1-11(2)18-9-15-14(10-20-3)19-16(21-15)8-12-4-6-13(17)7-5-12/h4-7,11,18H,8-10H2,1-3H3. The Bertz CT molecular complexity index is 566. The first-order valence-electron chi connectivity index (χ1n) is 7.02. The molecule has 0 saturated carbocycles. The van der Waals surface area contributed by atoms with E-state index in [1.165, 1.54) is 10.4 Å². The summed E-state index contributed by atoms with van der Waals surface area (Å²) in [6.45, 7) is 5.74. The number of halogens is 1. The van der Waals surface area contributed by atoms with Crippen molar-refractivity contribution >= 4 is 27.3 Å². The van der Waals surface area contributed by atoms with Gasteiger partial charge in [-0.2, -0.15) is 0 Å². The van der Waals surface area contributed by atoms with Gasteiger partial charge in [0.2, 0.25) is 0 Å². The second kappa shape index (κ2) is 8.03. The van der Waals surface area contributed by atoms with Crippen LogP contribution in [0.5, 0.6) is 0 Å². The number of hydrogen-bond acceptors (Lipinski definition) is 4. The van der Waals surface area contributed by atoms with Crippen molar-refractivity contribution in [1.29, 1.82) is 0 Å². The number of ether oxygens (including phenoxy) is 1. The molecule has 0 atom stereocenters. The first-order chi connectivity index (χ1) is 10.1. The Morgan fingerprint density at radius 2 is 2.00 bits per heavy atom. The van der Waals surface area contributed by atoms with Gasteiger partial charge in [-0.15, -0.1) is 11.3 Å². The van der Waals surface area contributed by atoms with Crippen molar-refractivity contribution in [2.24, 2.45) is 0 Å². The Hall–Kier alpha value is -0.750. The molecule has 114 valence electrons. The first-order valence-corrected chi connectivity index (χ1v) is 8.63. The fourth-order valence-electron chi connectivity index (χ4n) is 1.97. The molecule has 5 heteroatoms. The zero-order chi connectivity index (χ0) is 15.2. The number of hydrogen-bond donors (Lipinski definition) is 1. The average Bonchev–Trinajstić information content (AvgIpc) is 2.81. The molecule has 0 aliphatic heterocycles. The topological polar surface area (TPSA) is 34.1 Å². The lowest BCUT2D eigenvalue weighted by Gasteiger charge is -2.07. The molecule has 1 heterocycles. The van der Waals surface area contributed by atoms with E-state index in [1.54, 1.807) is 18.4 Å². The van der Waals surface area contributed by atoms with Crippen LogP contribution in [0.3, 0.4) is 0 Å². The fraction of sp³-hybridized carbons (Fsp3) is 0.438. The molecule has 2 aromatic rings. The second-order valence-electron chi connectivity index (χ2n) is 5.25. The molecular formula is C16H21BrN2OS. The minimum Gasteiger partial charge on any atom is -0.378 e. The average molecular weight is 369 g/mol. The molecule has 0 aliphatic rings. The van der Waals surface area contributed by atoms with Gasteiger partial charge in [0.1, 0.15) is 0 Å². The van der Waals surface area contributed by atoms with Gasteiger partial charge in [0.25, 0.3) is 0 Å². The van der Waals surface area contributed by atoms with Crippen LogP contribution in [0.2, 0.25) is 0 Å². The Kier molecular flexibility index (Phi) is 6.36. The number of benzene rings is 1. The lowest BCUT2D eigenvalue weighted by atomic mass is 10.2. The van der Waals surface area contributed by atoms with Crippen LogP contribution in [0.25, 0.3) is 0 Å². The SMILES string of the molecule is COCc1nc(Cc2ccc(Br)cc2)sc1CNC(C)C. The Balaban J connectivity index is 2.12. The van der Waals surface area contributed by atoms with E-state index < -0.39 is 0 Å². The van der Waals surface area contributed by atoms with E-state index in [0.29, 0.717) is 12.6 Å². The van der Waals surface area contributed by atoms with Crippen LogP contribution in [-0.2, 0) is 24.3 Å². The first kappa shape index (κ1) is 16.6. The smallest absolute Gasteiger partial charge is 0.0976 e. The zero-order valence-electron chi connectivity index (χ0n) is 12.6. The van der Waals surface area contributed by atoms with Crippen molar-refractivity contribution in [1.82, 2.24) is 10.3 Å². The molecule has 0 bridgehead atoms. The predicted molar refractivity (Wildman–Crippen MR) is 91.8 cm³/mol. The number of methoxy groups -OCH3 is 1. The molecule has 21 heavy (non-hydrogen) atoms. The highest BCUT2D eigenvalue weighted by Gasteiger charge is 2.12. The van der Waals surface area contributed by atoms with Crippen LogP contribution in [0.15, 0.2) is 28.7 Å². The summed E-state index contributed by atoms with van der Waals surface area (Å²) in [6, 6.07) is 8.87. The van der Waals surface area contributed by atoms with Crippen molar-refractivity contribution in [2.75, 3.05) is 7.11 Å². The number of rotatable bonds is 7. The predicted octanol–water partition coefficient (Wildman–Crippen LogP) is 4.14. The minimum absolute atomic E-state index is 0.470. The van der Waals surface area contributed by atoms with E-state index >= 15 is 0 Å². The molecule has 0 fully saturated rings. The Morgan fingerprint density at radius 3 is 2.62 bits per heavy atom.